The van der Waals surface area contributed by atoms with Gasteiger partial charge in [-0.1, -0.05) is 49.9 Å². The molecule has 12 heteroatoms. The van der Waals surface area contributed by atoms with Gasteiger partial charge in [-0.25, -0.2) is 9.97 Å². The molecule has 7 rings (SSSR count). The standard InChI is InChI=1S/C40H59ClN8O3/c1-28-25-34(50)37-35(28)38(44-27-43-37)47-21-23-48(24-22-47)39(51)33(30-7-9-32(41)10-8-30)13-16-45-14-11-29(12-15-45)26-46-17-19-49(20-18-46)40(52)36(42)31-5-3-2-4-6-31/h7-10,27-29,31,33-34,36,50H,2-6,11-26,42H2,1H3/t28-,33-,34-,36-/m1/s1. The molecule has 4 heterocycles. The number of aliphatic hydroxyl groups excluding tert-OH is 1. The summed E-state index contributed by atoms with van der Waals surface area (Å²) in [5.41, 5.74) is 9.30. The highest BCUT2D eigenvalue weighted by molar-refractivity contribution is 6.30. The molecular formula is C40H59ClN8O3. The molecule has 1 saturated carbocycles. The number of hydrogen-bond donors (Lipinski definition) is 2. The second kappa shape index (κ2) is 17.1. The Morgan fingerprint density at radius 1 is 0.846 bits per heavy atom. The Hall–Kier alpha value is -2.83. The number of fused-ring (bicyclic) bond motifs is 1. The van der Waals surface area contributed by atoms with Crippen LogP contribution in [-0.2, 0) is 9.59 Å². The van der Waals surface area contributed by atoms with Crippen LogP contribution in [0.25, 0.3) is 0 Å². The number of aliphatic hydroxyl groups is 1. The van der Waals surface area contributed by atoms with E-state index in [0.717, 1.165) is 107 Å². The van der Waals surface area contributed by atoms with Crippen LogP contribution in [0.5, 0.6) is 0 Å². The average Bonchev–Trinajstić information content (AvgIpc) is 3.48. The Kier molecular flexibility index (Phi) is 12.3. The summed E-state index contributed by atoms with van der Waals surface area (Å²) in [6, 6.07) is 7.49. The van der Waals surface area contributed by atoms with E-state index >= 15 is 0 Å². The van der Waals surface area contributed by atoms with Gasteiger partial charge in [0.05, 0.1) is 23.8 Å². The highest BCUT2D eigenvalue weighted by atomic mass is 35.5. The van der Waals surface area contributed by atoms with Crippen molar-refractivity contribution in [2.24, 2.45) is 17.6 Å². The minimum absolute atomic E-state index is 0.166. The predicted octanol–water partition coefficient (Wildman–Crippen LogP) is 4.26. The summed E-state index contributed by atoms with van der Waals surface area (Å²) in [5, 5.41) is 11.2. The van der Waals surface area contributed by atoms with Gasteiger partial charge in [0.1, 0.15) is 12.1 Å². The third-order valence-corrected chi connectivity index (χ3v) is 13.1. The molecule has 4 atom stereocenters. The van der Waals surface area contributed by atoms with Crippen molar-refractivity contribution < 1.29 is 14.7 Å². The highest BCUT2D eigenvalue weighted by Gasteiger charge is 2.36. The minimum atomic E-state index is -0.532. The number of rotatable bonds is 10. The molecule has 284 valence electrons. The third kappa shape index (κ3) is 8.59. The number of carbonyl (C=O) groups excluding carboxylic acids is 2. The number of nitrogens with zero attached hydrogens (tertiary/aromatic N) is 7. The van der Waals surface area contributed by atoms with Gasteiger partial charge >= 0.3 is 0 Å². The van der Waals surface area contributed by atoms with Crippen LogP contribution in [0.4, 0.5) is 5.82 Å². The Balaban J connectivity index is 0.878. The number of amides is 2. The summed E-state index contributed by atoms with van der Waals surface area (Å²) in [5.74, 6) is 2.27. The second-order valence-electron chi connectivity index (χ2n) is 16.2. The van der Waals surface area contributed by atoms with Gasteiger partial charge in [-0.15, -0.1) is 0 Å². The molecule has 2 aromatic rings. The number of nitrogens with two attached hydrogens (primary N) is 1. The predicted molar refractivity (Wildman–Crippen MR) is 204 cm³/mol. The Morgan fingerprint density at radius 3 is 2.19 bits per heavy atom. The molecule has 5 aliphatic rings. The van der Waals surface area contributed by atoms with Crippen LogP contribution in [0, 0.1) is 11.8 Å². The number of halogens is 1. The van der Waals surface area contributed by atoms with Gasteiger partial charge in [0.2, 0.25) is 11.8 Å². The smallest absolute Gasteiger partial charge is 0.239 e. The van der Waals surface area contributed by atoms with E-state index in [1.165, 1.54) is 19.3 Å². The van der Waals surface area contributed by atoms with Crippen LogP contribution >= 0.6 is 11.6 Å². The highest BCUT2D eigenvalue weighted by Crippen LogP contribution is 2.43. The van der Waals surface area contributed by atoms with Crippen molar-refractivity contribution in [1.29, 1.82) is 0 Å². The third-order valence-electron chi connectivity index (χ3n) is 12.8. The normalized spacial score (nSPS) is 25.3. The number of piperazine rings is 2. The Bertz CT molecular complexity index is 1500. The van der Waals surface area contributed by atoms with Gasteiger partial charge in [-0.2, -0.15) is 0 Å². The summed E-state index contributed by atoms with van der Waals surface area (Å²) >= 11 is 6.26. The van der Waals surface area contributed by atoms with E-state index in [-0.39, 0.29) is 29.7 Å². The van der Waals surface area contributed by atoms with E-state index in [0.29, 0.717) is 49.5 Å². The van der Waals surface area contributed by atoms with Crippen LogP contribution in [-0.4, -0.2) is 131 Å². The SMILES string of the molecule is C[C@@H]1C[C@@H](O)c2ncnc(N3CCN(C(=O)[C@H](CCN4CCC(CN5CCN(C(=O)[C@H](N)C6CCCCC6)CC5)CC4)c4ccc(Cl)cc4)CC3)c21. The fourth-order valence-corrected chi connectivity index (χ4v) is 9.69. The molecule has 0 radical (unpaired) electrons. The van der Waals surface area contributed by atoms with Crippen LogP contribution in [0.2, 0.25) is 5.02 Å². The Morgan fingerprint density at radius 2 is 1.50 bits per heavy atom. The van der Waals surface area contributed by atoms with Crippen molar-refractivity contribution in [3.63, 3.8) is 0 Å². The second-order valence-corrected chi connectivity index (χ2v) is 16.6. The van der Waals surface area contributed by atoms with E-state index in [1.54, 1.807) is 6.33 Å². The molecule has 1 aromatic heterocycles. The first kappa shape index (κ1) is 37.5. The summed E-state index contributed by atoms with van der Waals surface area (Å²) in [6.07, 6.45) is 10.7. The van der Waals surface area contributed by atoms with Crippen LogP contribution in [0.15, 0.2) is 30.6 Å². The first-order chi connectivity index (χ1) is 25.2. The maximum Gasteiger partial charge on any atom is 0.239 e. The molecule has 0 unspecified atom stereocenters. The van der Waals surface area contributed by atoms with Crippen molar-refractivity contribution in [3.05, 3.63) is 52.4 Å². The number of carbonyl (C=O) groups is 2. The first-order valence-corrected chi connectivity index (χ1v) is 20.4. The lowest BCUT2D eigenvalue weighted by Crippen LogP contribution is -2.55. The maximum absolute atomic E-state index is 14.2. The molecular weight excluding hydrogens is 676 g/mol. The van der Waals surface area contributed by atoms with Crippen molar-refractivity contribution in [2.75, 3.05) is 83.4 Å². The molecule has 0 bridgehead atoms. The molecule has 2 amide bonds. The average molecular weight is 735 g/mol. The zero-order chi connectivity index (χ0) is 36.2. The van der Waals surface area contributed by atoms with E-state index in [4.69, 9.17) is 17.3 Å². The van der Waals surface area contributed by atoms with E-state index in [9.17, 15) is 14.7 Å². The number of piperidine rings is 1. The quantitative estimate of drug-likeness (QED) is 0.369. The molecule has 2 aliphatic carbocycles. The van der Waals surface area contributed by atoms with E-state index in [1.807, 2.05) is 34.1 Å². The monoisotopic (exact) mass is 734 g/mol. The maximum atomic E-state index is 14.2. The lowest BCUT2D eigenvalue weighted by atomic mass is 9.83. The van der Waals surface area contributed by atoms with Crippen LogP contribution in [0.1, 0.15) is 99.5 Å². The minimum Gasteiger partial charge on any atom is -0.387 e. The van der Waals surface area contributed by atoms with Crippen LogP contribution in [0.3, 0.4) is 0 Å². The molecule has 3 saturated heterocycles. The number of benzene rings is 1. The Labute approximate surface area is 314 Å². The van der Waals surface area contributed by atoms with Crippen molar-refractivity contribution in [3.8, 4) is 0 Å². The summed E-state index contributed by atoms with van der Waals surface area (Å²) in [4.78, 5) is 47.7. The molecule has 52 heavy (non-hydrogen) atoms. The number of aromatic nitrogens is 2. The number of anilines is 1. The van der Waals surface area contributed by atoms with Gasteiger partial charge in [-0.3, -0.25) is 14.5 Å². The van der Waals surface area contributed by atoms with Gasteiger partial charge < -0.3 is 30.4 Å². The summed E-state index contributed by atoms with van der Waals surface area (Å²) in [6.45, 7) is 12.4. The lowest BCUT2D eigenvalue weighted by Gasteiger charge is -2.40. The lowest BCUT2D eigenvalue weighted by molar-refractivity contribution is -0.136. The zero-order valence-electron chi connectivity index (χ0n) is 31.0. The molecule has 11 nitrogen and oxygen atoms in total. The van der Waals surface area contributed by atoms with E-state index < -0.39 is 6.10 Å². The molecule has 3 aliphatic heterocycles. The van der Waals surface area contributed by atoms with Crippen molar-refractivity contribution >= 4 is 29.2 Å². The number of likely N-dealkylation sites (tertiary alicyclic amines) is 1. The molecule has 4 fully saturated rings. The van der Waals surface area contributed by atoms with Crippen molar-refractivity contribution in [2.45, 2.75) is 88.7 Å². The van der Waals surface area contributed by atoms with Gasteiger partial charge in [0.15, 0.2) is 0 Å². The molecule has 1 aromatic carbocycles. The molecule has 3 N–H and O–H groups in total. The largest absolute Gasteiger partial charge is 0.387 e. The van der Waals surface area contributed by atoms with E-state index in [2.05, 4.69) is 31.6 Å². The topological polar surface area (TPSA) is 122 Å². The molecule has 0 spiro atoms. The fourth-order valence-electron chi connectivity index (χ4n) is 9.57. The summed E-state index contributed by atoms with van der Waals surface area (Å²) in [7, 11) is 0. The van der Waals surface area contributed by atoms with Crippen molar-refractivity contribution in [1.82, 2.24) is 29.6 Å². The van der Waals surface area contributed by atoms with Gasteiger partial charge in [0.25, 0.3) is 0 Å². The zero-order valence-corrected chi connectivity index (χ0v) is 31.8. The van der Waals surface area contributed by atoms with Gasteiger partial charge in [0, 0.05) is 69.5 Å². The summed E-state index contributed by atoms with van der Waals surface area (Å²) < 4.78 is 0. The first-order valence-electron chi connectivity index (χ1n) is 20.1. The van der Waals surface area contributed by atoms with Crippen LogP contribution < -0.4 is 10.6 Å². The fraction of sp³-hybridized carbons (Fsp3) is 0.700. The number of hydrogen-bond acceptors (Lipinski definition) is 9. The van der Waals surface area contributed by atoms with Gasteiger partial charge in [-0.05, 0) is 93.6 Å².